The second kappa shape index (κ2) is 11.3. The second-order valence-corrected chi connectivity index (χ2v) is 7.12. The second-order valence-electron chi connectivity index (χ2n) is 7.12. The van der Waals surface area contributed by atoms with Crippen molar-refractivity contribution in [3.8, 4) is 11.5 Å². The van der Waals surface area contributed by atoms with E-state index in [9.17, 15) is 9.59 Å². The number of hydrogen-bond donors (Lipinski definition) is 1. The van der Waals surface area contributed by atoms with Crippen LogP contribution in [0.3, 0.4) is 0 Å². The molecular formula is C23H28N2O6. The number of carbonyl (C=O) groups excluding carboxylic acids is 2. The molecule has 8 heteroatoms. The molecule has 0 spiro atoms. The van der Waals surface area contributed by atoms with Crippen molar-refractivity contribution in [2.45, 2.75) is 13.1 Å². The number of esters is 1. The standard InChI is InChI=1S/C23H28N2O6/c1-28-21-13-19(6-7-20(21)31-16-22(26)29-2)23(27)24-14-17-4-3-5-18(12-17)15-25-8-10-30-11-9-25/h3-7,12-13H,8-11,14-16H2,1-2H3,(H,24,27). The Kier molecular flexibility index (Phi) is 8.26. The summed E-state index contributed by atoms with van der Waals surface area (Å²) in [5.41, 5.74) is 2.68. The predicted octanol–water partition coefficient (Wildman–Crippen LogP) is 2.01. The normalized spacial score (nSPS) is 14.0. The summed E-state index contributed by atoms with van der Waals surface area (Å²) in [7, 11) is 2.76. The average molecular weight is 428 g/mol. The number of ether oxygens (including phenoxy) is 4. The monoisotopic (exact) mass is 428 g/mol. The van der Waals surface area contributed by atoms with E-state index in [1.807, 2.05) is 12.1 Å². The minimum absolute atomic E-state index is 0.226. The molecule has 1 aliphatic rings. The summed E-state index contributed by atoms with van der Waals surface area (Å²) in [6, 6.07) is 13.0. The van der Waals surface area contributed by atoms with E-state index in [-0.39, 0.29) is 12.5 Å². The summed E-state index contributed by atoms with van der Waals surface area (Å²) in [5.74, 6) is 0.000416. The molecule has 1 heterocycles. The molecule has 0 bridgehead atoms. The van der Waals surface area contributed by atoms with Crippen LogP contribution in [-0.2, 0) is 27.4 Å². The van der Waals surface area contributed by atoms with E-state index in [0.29, 0.717) is 23.6 Å². The van der Waals surface area contributed by atoms with Gasteiger partial charge in [0.25, 0.3) is 5.91 Å². The third kappa shape index (κ3) is 6.70. The van der Waals surface area contributed by atoms with Gasteiger partial charge in [-0.15, -0.1) is 0 Å². The van der Waals surface area contributed by atoms with Crippen LogP contribution in [0.1, 0.15) is 21.5 Å². The van der Waals surface area contributed by atoms with Crippen LogP contribution in [0, 0.1) is 0 Å². The van der Waals surface area contributed by atoms with Gasteiger partial charge in [-0.25, -0.2) is 4.79 Å². The summed E-state index contributed by atoms with van der Waals surface area (Å²) in [4.78, 5) is 26.2. The summed E-state index contributed by atoms with van der Waals surface area (Å²) >= 11 is 0. The molecule has 1 aliphatic heterocycles. The fourth-order valence-electron chi connectivity index (χ4n) is 3.26. The van der Waals surface area contributed by atoms with Gasteiger partial charge in [0, 0.05) is 31.7 Å². The van der Waals surface area contributed by atoms with Gasteiger partial charge in [-0.05, 0) is 29.3 Å². The Morgan fingerprint density at radius 3 is 2.55 bits per heavy atom. The maximum absolute atomic E-state index is 12.6. The van der Waals surface area contributed by atoms with Crippen LogP contribution in [0.5, 0.6) is 11.5 Å². The van der Waals surface area contributed by atoms with Gasteiger partial charge >= 0.3 is 5.97 Å². The summed E-state index contributed by atoms with van der Waals surface area (Å²) in [5, 5.41) is 2.93. The fraction of sp³-hybridized carbons (Fsp3) is 0.391. The van der Waals surface area contributed by atoms with Gasteiger partial charge in [0.05, 0.1) is 27.4 Å². The Hall–Kier alpha value is -3.10. The SMILES string of the molecule is COC(=O)COc1ccc(C(=O)NCc2cccc(CN3CCOCC3)c2)cc1OC. The fourth-order valence-corrected chi connectivity index (χ4v) is 3.26. The molecular weight excluding hydrogens is 400 g/mol. The van der Waals surface area contributed by atoms with E-state index in [1.54, 1.807) is 18.2 Å². The van der Waals surface area contributed by atoms with Gasteiger partial charge < -0.3 is 24.3 Å². The molecule has 0 unspecified atom stereocenters. The Labute approximate surface area is 182 Å². The van der Waals surface area contributed by atoms with E-state index in [4.69, 9.17) is 14.2 Å². The molecule has 0 atom stereocenters. The van der Waals surface area contributed by atoms with Crippen molar-refractivity contribution in [3.05, 3.63) is 59.2 Å². The van der Waals surface area contributed by atoms with Crippen molar-refractivity contribution in [1.82, 2.24) is 10.2 Å². The van der Waals surface area contributed by atoms with E-state index < -0.39 is 5.97 Å². The van der Waals surface area contributed by atoms with Gasteiger partial charge in [-0.3, -0.25) is 9.69 Å². The van der Waals surface area contributed by atoms with E-state index >= 15 is 0 Å². The number of hydrogen-bond acceptors (Lipinski definition) is 7. The zero-order valence-electron chi connectivity index (χ0n) is 17.9. The third-order valence-corrected chi connectivity index (χ3v) is 4.95. The quantitative estimate of drug-likeness (QED) is 0.612. The highest BCUT2D eigenvalue weighted by Crippen LogP contribution is 2.28. The van der Waals surface area contributed by atoms with E-state index in [2.05, 4.69) is 27.1 Å². The summed E-state index contributed by atoms with van der Waals surface area (Å²) in [6.45, 7) is 4.45. The zero-order valence-corrected chi connectivity index (χ0v) is 17.9. The first-order valence-corrected chi connectivity index (χ1v) is 10.1. The average Bonchev–Trinajstić information content (AvgIpc) is 2.81. The lowest BCUT2D eigenvalue weighted by Gasteiger charge is -2.26. The molecule has 1 amide bonds. The smallest absolute Gasteiger partial charge is 0.343 e. The Morgan fingerprint density at radius 2 is 1.81 bits per heavy atom. The minimum atomic E-state index is -0.500. The van der Waals surface area contributed by atoms with Crippen LogP contribution < -0.4 is 14.8 Å². The number of nitrogens with zero attached hydrogens (tertiary/aromatic N) is 1. The van der Waals surface area contributed by atoms with Crippen molar-refractivity contribution in [1.29, 1.82) is 0 Å². The van der Waals surface area contributed by atoms with Gasteiger partial charge in [-0.1, -0.05) is 24.3 Å². The maximum Gasteiger partial charge on any atom is 0.343 e. The highest BCUT2D eigenvalue weighted by atomic mass is 16.6. The molecule has 1 fully saturated rings. The lowest BCUT2D eigenvalue weighted by molar-refractivity contribution is -0.142. The Morgan fingerprint density at radius 1 is 1.03 bits per heavy atom. The van der Waals surface area contributed by atoms with Crippen molar-refractivity contribution < 1.29 is 28.5 Å². The van der Waals surface area contributed by atoms with Crippen LogP contribution in [0.15, 0.2) is 42.5 Å². The molecule has 2 aromatic rings. The Balaban J connectivity index is 1.57. The van der Waals surface area contributed by atoms with Gasteiger partial charge in [0.2, 0.25) is 0 Å². The van der Waals surface area contributed by atoms with Crippen molar-refractivity contribution in [2.75, 3.05) is 47.1 Å². The highest BCUT2D eigenvalue weighted by Gasteiger charge is 2.14. The zero-order chi connectivity index (χ0) is 22.1. The molecule has 0 aromatic heterocycles. The molecule has 3 rings (SSSR count). The first-order chi connectivity index (χ1) is 15.1. The minimum Gasteiger partial charge on any atom is -0.493 e. The van der Waals surface area contributed by atoms with Gasteiger partial charge in [0.1, 0.15) is 0 Å². The number of benzene rings is 2. The highest BCUT2D eigenvalue weighted by molar-refractivity contribution is 5.94. The molecule has 1 saturated heterocycles. The van der Waals surface area contributed by atoms with Gasteiger partial charge in [0.15, 0.2) is 18.1 Å². The van der Waals surface area contributed by atoms with Crippen LogP contribution in [0.4, 0.5) is 0 Å². The molecule has 0 radical (unpaired) electrons. The largest absolute Gasteiger partial charge is 0.493 e. The van der Waals surface area contributed by atoms with E-state index in [0.717, 1.165) is 38.4 Å². The third-order valence-electron chi connectivity index (χ3n) is 4.95. The van der Waals surface area contributed by atoms with Crippen LogP contribution in [0.2, 0.25) is 0 Å². The number of nitrogens with one attached hydrogen (secondary N) is 1. The molecule has 166 valence electrons. The molecule has 31 heavy (non-hydrogen) atoms. The summed E-state index contributed by atoms with van der Waals surface area (Å²) < 4.78 is 20.6. The van der Waals surface area contributed by atoms with Crippen molar-refractivity contribution in [2.24, 2.45) is 0 Å². The molecule has 0 saturated carbocycles. The van der Waals surface area contributed by atoms with Crippen LogP contribution >= 0.6 is 0 Å². The molecule has 1 N–H and O–H groups in total. The van der Waals surface area contributed by atoms with Gasteiger partial charge in [-0.2, -0.15) is 0 Å². The van der Waals surface area contributed by atoms with Crippen molar-refractivity contribution in [3.63, 3.8) is 0 Å². The maximum atomic E-state index is 12.6. The number of morpholine rings is 1. The number of carbonyl (C=O) groups is 2. The predicted molar refractivity (Wildman–Crippen MR) is 114 cm³/mol. The van der Waals surface area contributed by atoms with Crippen molar-refractivity contribution >= 4 is 11.9 Å². The number of methoxy groups -OCH3 is 2. The first-order valence-electron chi connectivity index (χ1n) is 10.1. The number of amides is 1. The van der Waals surface area contributed by atoms with E-state index in [1.165, 1.54) is 19.8 Å². The first kappa shape index (κ1) is 22.6. The topological polar surface area (TPSA) is 86.3 Å². The van der Waals surface area contributed by atoms with Crippen LogP contribution in [0.25, 0.3) is 0 Å². The molecule has 8 nitrogen and oxygen atoms in total. The number of rotatable bonds is 9. The van der Waals surface area contributed by atoms with Crippen LogP contribution in [-0.4, -0.2) is 63.9 Å². The molecule has 2 aromatic carbocycles. The lowest BCUT2D eigenvalue weighted by Crippen LogP contribution is -2.35. The Bertz CT molecular complexity index is 895. The lowest BCUT2D eigenvalue weighted by atomic mass is 10.1. The molecule has 0 aliphatic carbocycles. The summed E-state index contributed by atoms with van der Waals surface area (Å²) in [6.07, 6.45) is 0.